The zero-order chi connectivity index (χ0) is 8.27. The van der Waals surface area contributed by atoms with E-state index in [1.807, 2.05) is 12.3 Å². The number of nitrogens with two attached hydrogens (primary N) is 1. The molecule has 0 aliphatic carbocycles. The van der Waals surface area contributed by atoms with E-state index in [1.165, 1.54) is 0 Å². The van der Waals surface area contributed by atoms with Crippen LogP contribution in [0, 0.1) is 0 Å². The summed E-state index contributed by atoms with van der Waals surface area (Å²) in [5.74, 6) is 0.883. The second kappa shape index (κ2) is 3.83. The van der Waals surface area contributed by atoms with Crippen LogP contribution in [0.4, 0.5) is 5.69 Å². The van der Waals surface area contributed by atoms with Gasteiger partial charge < -0.3 is 5.73 Å². The normalized spacial score (nSPS) is 10.0. The Balaban J connectivity index is 2.96. The van der Waals surface area contributed by atoms with Gasteiger partial charge in [-0.2, -0.15) is 11.8 Å². The van der Waals surface area contributed by atoms with Gasteiger partial charge in [-0.3, -0.25) is 0 Å². The van der Waals surface area contributed by atoms with Crippen molar-refractivity contribution in [1.82, 2.24) is 4.98 Å². The Morgan fingerprint density at radius 3 is 3.09 bits per heavy atom. The lowest BCUT2D eigenvalue weighted by Crippen LogP contribution is -1.94. The van der Waals surface area contributed by atoms with Gasteiger partial charge in [-0.05, 0) is 17.9 Å². The zero-order valence-electron chi connectivity index (χ0n) is 6.17. The molecule has 0 saturated carbocycles. The molecule has 4 heteroatoms. The first-order valence-electron chi connectivity index (χ1n) is 3.13. The summed E-state index contributed by atoms with van der Waals surface area (Å²) in [4.78, 5) is 3.85. The third kappa shape index (κ3) is 2.01. The molecule has 0 atom stereocenters. The molecule has 2 nitrogen and oxygen atoms in total. The minimum Gasteiger partial charge on any atom is -0.396 e. The average molecular weight is 189 g/mol. The number of nitrogen functional groups attached to an aromatic ring is 1. The minimum atomic E-state index is 0.400. The molecule has 60 valence electrons. The number of aromatic nitrogens is 1. The van der Waals surface area contributed by atoms with Crippen molar-refractivity contribution in [2.75, 3.05) is 12.0 Å². The number of nitrogens with zero attached hydrogens (tertiary/aromatic N) is 1. The van der Waals surface area contributed by atoms with Gasteiger partial charge in [0, 0.05) is 11.9 Å². The lowest BCUT2D eigenvalue weighted by molar-refractivity contribution is 1.28. The van der Waals surface area contributed by atoms with Crippen molar-refractivity contribution < 1.29 is 0 Å². The molecule has 2 N–H and O–H groups in total. The van der Waals surface area contributed by atoms with Crippen LogP contribution in [0.3, 0.4) is 0 Å². The molecule has 0 bridgehead atoms. The van der Waals surface area contributed by atoms with E-state index in [0.717, 1.165) is 11.3 Å². The van der Waals surface area contributed by atoms with E-state index in [2.05, 4.69) is 4.98 Å². The maximum atomic E-state index is 5.70. The second-order valence-corrected chi connectivity index (χ2v) is 3.33. The number of hydrogen-bond donors (Lipinski definition) is 1. The summed E-state index contributed by atoms with van der Waals surface area (Å²) in [6, 6.07) is 1.89. The van der Waals surface area contributed by atoms with Crippen LogP contribution in [0.15, 0.2) is 12.3 Å². The van der Waals surface area contributed by atoms with E-state index in [1.54, 1.807) is 18.0 Å². The molecule has 1 rings (SSSR count). The van der Waals surface area contributed by atoms with E-state index in [9.17, 15) is 0 Å². The Kier molecular flexibility index (Phi) is 3.02. The van der Waals surface area contributed by atoms with Gasteiger partial charge in [-0.25, -0.2) is 4.98 Å². The van der Waals surface area contributed by atoms with E-state index < -0.39 is 0 Å². The van der Waals surface area contributed by atoms with Crippen LogP contribution in [-0.4, -0.2) is 11.2 Å². The van der Waals surface area contributed by atoms with Crippen LogP contribution in [0.25, 0.3) is 0 Å². The Hall–Kier alpha value is -0.410. The van der Waals surface area contributed by atoms with Gasteiger partial charge in [0.25, 0.3) is 0 Å². The molecular formula is C7H9ClN2S. The maximum absolute atomic E-state index is 5.70. The summed E-state index contributed by atoms with van der Waals surface area (Å²) in [7, 11) is 0. The second-order valence-electron chi connectivity index (χ2n) is 2.11. The van der Waals surface area contributed by atoms with Crippen LogP contribution in [0.1, 0.15) is 5.56 Å². The van der Waals surface area contributed by atoms with Crippen molar-refractivity contribution >= 4 is 29.1 Å². The van der Waals surface area contributed by atoms with Crippen LogP contribution in [0.2, 0.25) is 5.15 Å². The van der Waals surface area contributed by atoms with E-state index in [-0.39, 0.29) is 0 Å². The topological polar surface area (TPSA) is 38.9 Å². The summed E-state index contributed by atoms with van der Waals surface area (Å²) in [5.41, 5.74) is 7.31. The number of pyridine rings is 1. The molecule has 0 amide bonds. The van der Waals surface area contributed by atoms with Crippen molar-refractivity contribution in [2.45, 2.75) is 5.75 Å². The Morgan fingerprint density at radius 2 is 2.45 bits per heavy atom. The number of rotatable bonds is 2. The number of halogens is 1. The SMILES string of the molecule is CSCc1ccnc(Cl)c1N. The third-order valence-corrected chi connectivity index (χ3v) is 2.23. The molecule has 0 fully saturated rings. The summed E-state index contributed by atoms with van der Waals surface area (Å²) < 4.78 is 0. The highest BCUT2D eigenvalue weighted by atomic mass is 35.5. The Labute approximate surface area is 75.1 Å². The summed E-state index contributed by atoms with van der Waals surface area (Å²) in [6.07, 6.45) is 3.69. The largest absolute Gasteiger partial charge is 0.396 e. The third-order valence-electron chi connectivity index (χ3n) is 1.33. The monoisotopic (exact) mass is 188 g/mol. The smallest absolute Gasteiger partial charge is 0.152 e. The van der Waals surface area contributed by atoms with Crippen molar-refractivity contribution in [3.05, 3.63) is 23.0 Å². The zero-order valence-corrected chi connectivity index (χ0v) is 7.75. The molecule has 0 aromatic carbocycles. The van der Waals surface area contributed by atoms with Gasteiger partial charge in [0.05, 0.1) is 5.69 Å². The molecule has 11 heavy (non-hydrogen) atoms. The fraction of sp³-hybridized carbons (Fsp3) is 0.286. The number of thioether (sulfide) groups is 1. The highest BCUT2D eigenvalue weighted by molar-refractivity contribution is 7.97. The molecule has 0 aliphatic rings. The quantitative estimate of drug-likeness (QED) is 0.724. The van der Waals surface area contributed by atoms with Crippen molar-refractivity contribution in [3.8, 4) is 0 Å². The van der Waals surface area contributed by atoms with Gasteiger partial charge in [0.2, 0.25) is 0 Å². The molecule has 1 aromatic heterocycles. The van der Waals surface area contributed by atoms with Crippen LogP contribution < -0.4 is 5.73 Å². The summed E-state index contributed by atoms with van der Waals surface area (Å²) in [6.45, 7) is 0. The highest BCUT2D eigenvalue weighted by Crippen LogP contribution is 2.22. The van der Waals surface area contributed by atoms with Gasteiger partial charge in [0.15, 0.2) is 5.15 Å². The molecule has 0 aliphatic heterocycles. The van der Waals surface area contributed by atoms with Crippen LogP contribution >= 0.6 is 23.4 Å². The number of hydrogen-bond acceptors (Lipinski definition) is 3. The molecular weight excluding hydrogens is 180 g/mol. The fourth-order valence-corrected chi connectivity index (χ4v) is 1.51. The van der Waals surface area contributed by atoms with Crippen molar-refractivity contribution in [3.63, 3.8) is 0 Å². The van der Waals surface area contributed by atoms with Crippen molar-refractivity contribution in [2.24, 2.45) is 0 Å². The first-order chi connectivity index (χ1) is 5.25. The molecule has 0 spiro atoms. The standard InChI is InChI=1S/C7H9ClN2S/c1-11-4-5-2-3-10-7(8)6(5)9/h2-3H,4,9H2,1H3. The first-order valence-corrected chi connectivity index (χ1v) is 4.90. The summed E-state index contributed by atoms with van der Waals surface area (Å²) >= 11 is 7.42. The Bertz CT molecular complexity index is 252. The molecule has 1 aromatic rings. The highest BCUT2D eigenvalue weighted by Gasteiger charge is 2.01. The fourth-order valence-electron chi connectivity index (χ4n) is 0.766. The minimum absolute atomic E-state index is 0.400. The van der Waals surface area contributed by atoms with E-state index in [0.29, 0.717) is 10.8 Å². The summed E-state index contributed by atoms with van der Waals surface area (Å²) in [5, 5.41) is 0.400. The van der Waals surface area contributed by atoms with E-state index >= 15 is 0 Å². The lowest BCUT2D eigenvalue weighted by atomic mass is 10.3. The Morgan fingerprint density at radius 1 is 1.73 bits per heavy atom. The van der Waals surface area contributed by atoms with Gasteiger partial charge in [0.1, 0.15) is 0 Å². The maximum Gasteiger partial charge on any atom is 0.152 e. The average Bonchev–Trinajstić information content (AvgIpc) is 1.99. The molecule has 0 radical (unpaired) electrons. The van der Waals surface area contributed by atoms with Crippen LogP contribution in [0.5, 0.6) is 0 Å². The van der Waals surface area contributed by atoms with Gasteiger partial charge in [-0.15, -0.1) is 0 Å². The molecule has 1 heterocycles. The number of anilines is 1. The molecule has 0 saturated heterocycles. The van der Waals surface area contributed by atoms with Gasteiger partial charge >= 0.3 is 0 Å². The predicted molar refractivity (Wildman–Crippen MR) is 50.9 cm³/mol. The first kappa shape index (κ1) is 8.68. The lowest BCUT2D eigenvalue weighted by Gasteiger charge is -2.03. The van der Waals surface area contributed by atoms with E-state index in [4.69, 9.17) is 17.3 Å². The van der Waals surface area contributed by atoms with Crippen LogP contribution in [-0.2, 0) is 5.75 Å². The predicted octanol–water partition coefficient (Wildman–Crippen LogP) is 2.18. The molecule has 0 unspecified atom stereocenters. The van der Waals surface area contributed by atoms with Crippen molar-refractivity contribution in [1.29, 1.82) is 0 Å². The van der Waals surface area contributed by atoms with Gasteiger partial charge in [-0.1, -0.05) is 11.6 Å².